The molecule has 0 unspecified atom stereocenters. The van der Waals surface area contributed by atoms with Crippen LogP contribution in [0.4, 0.5) is 57.0 Å². The van der Waals surface area contributed by atoms with E-state index in [9.17, 15) is 0 Å². The molecule has 424 valence electrons. The van der Waals surface area contributed by atoms with Gasteiger partial charge in [0.1, 0.15) is 5.82 Å². The number of pyridine rings is 1. The summed E-state index contributed by atoms with van der Waals surface area (Å²) in [5.41, 5.74) is 21.7. The predicted molar refractivity (Wildman–Crippen MR) is 357 cm³/mol. The van der Waals surface area contributed by atoms with Crippen LogP contribution in [0.5, 0.6) is 0 Å². The van der Waals surface area contributed by atoms with E-state index >= 15 is 0 Å². The van der Waals surface area contributed by atoms with E-state index in [-0.39, 0.29) is 31.9 Å². The third-order valence-electron chi connectivity index (χ3n) is 16.0. The summed E-state index contributed by atoms with van der Waals surface area (Å²) >= 11 is 0. The van der Waals surface area contributed by atoms with Gasteiger partial charge in [-0.25, -0.2) is 4.98 Å². The number of fused-ring (bicyclic) bond motifs is 1. The van der Waals surface area contributed by atoms with Crippen molar-refractivity contribution in [2.75, 3.05) is 19.6 Å². The Hall–Kier alpha value is -9.54. The Labute approximate surface area is 522 Å². The number of nitrogens with zero attached hydrogens (tertiary/aromatic N) is 5. The Kier molecular flexibility index (Phi) is 16.0. The van der Waals surface area contributed by atoms with Gasteiger partial charge in [-0.05, 0) is 80.1 Å². The van der Waals surface area contributed by atoms with Gasteiger partial charge in [0.25, 0.3) is 0 Å². The van der Waals surface area contributed by atoms with E-state index in [4.69, 9.17) is 4.98 Å². The summed E-state index contributed by atoms with van der Waals surface area (Å²) in [5.74, 6) is 0.785. The zero-order valence-electron chi connectivity index (χ0n) is 49.3. The molecule has 11 aromatic carbocycles. The van der Waals surface area contributed by atoms with Crippen LogP contribution in [0.25, 0.3) is 55.6 Å². The quantitative estimate of drug-likeness (QED) is 0.107. The van der Waals surface area contributed by atoms with Gasteiger partial charge in [-0.3, -0.25) is 0 Å². The van der Waals surface area contributed by atoms with E-state index in [1.54, 1.807) is 0 Å². The first-order valence-electron chi connectivity index (χ1n) is 29.3. The number of benzene rings is 11. The zero-order valence-corrected chi connectivity index (χ0v) is 51.5. The monoisotopic (exact) mass is 1290 g/mol. The van der Waals surface area contributed by atoms with Crippen LogP contribution in [0.3, 0.4) is 0 Å². The van der Waals surface area contributed by atoms with Crippen LogP contribution >= 0.6 is 0 Å². The molecule has 6 heteroatoms. The Bertz CT molecular complexity index is 4190. The van der Waals surface area contributed by atoms with E-state index in [2.05, 4.69) is 359 Å². The van der Waals surface area contributed by atoms with Gasteiger partial charge in [-0.1, -0.05) is 271 Å². The molecular weight excluding hydrogens is 1230 g/mol. The Morgan fingerprint density at radius 2 is 0.721 bits per heavy atom. The van der Waals surface area contributed by atoms with Gasteiger partial charge in [0, 0.05) is 72.1 Å². The van der Waals surface area contributed by atoms with Crippen LogP contribution in [0, 0.1) is 18.8 Å². The molecule has 1 aliphatic rings. The van der Waals surface area contributed by atoms with Crippen molar-refractivity contribution < 1.29 is 21.1 Å². The van der Waals surface area contributed by atoms with E-state index < -0.39 is 0 Å². The molecule has 1 aromatic heterocycles. The Morgan fingerprint density at radius 3 is 1.20 bits per heavy atom. The number of hydrogen-bond donors (Lipinski definition) is 0. The van der Waals surface area contributed by atoms with Crippen molar-refractivity contribution in [1.29, 1.82) is 0 Å². The molecule has 12 aromatic rings. The van der Waals surface area contributed by atoms with E-state index in [1.165, 1.54) is 11.1 Å². The van der Waals surface area contributed by atoms with E-state index in [1.807, 2.05) is 6.20 Å². The number of hydrogen-bond acceptors (Lipinski definition) is 5. The van der Waals surface area contributed by atoms with Crippen molar-refractivity contribution in [2.45, 2.75) is 52.4 Å². The van der Waals surface area contributed by atoms with E-state index in [0.717, 1.165) is 113 Å². The second-order valence-electron chi connectivity index (χ2n) is 23.7. The summed E-state index contributed by atoms with van der Waals surface area (Å²) < 4.78 is 0. The van der Waals surface area contributed by atoms with Gasteiger partial charge in [0.15, 0.2) is 0 Å². The Balaban J connectivity index is 0.00000724. The molecule has 0 spiro atoms. The summed E-state index contributed by atoms with van der Waals surface area (Å²) in [7, 11) is 0. The fourth-order valence-corrected chi connectivity index (χ4v) is 11.7. The maximum Gasteiger partial charge on any atom is 0.135 e. The molecule has 13 rings (SSSR count). The van der Waals surface area contributed by atoms with Crippen LogP contribution < -0.4 is 19.6 Å². The van der Waals surface area contributed by atoms with Crippen molar-refractivity contribution in [2.24, 2.45) is 0 Å². The average Bonchev–Trinajstić information content (AvgIpc) is 1.74. The normalized spacial score (nSPS) is 12.1. The molecular formula is C80H66N5Pt-3. The fraction of sp³-hybridized carbons (Fsp3) is 0.100. The molecule has 0 saturated heterocycles. The first-order chi connectivity index (χ1) is 41.5. The van der Waals surface area contributed by atoms with Gasteiger partial charge < -0.3 is 19.6 Å². The topological polar surface area (TPSA) is 25.9 Å². The van der Waals surface area contributed by atoms with Crippen molar-refractivity contribution >= 4 is 57.0 Å². The average molecular weight is 1290 g/mol. The Morgan fingerprint density at radius 1 is 0.337 bits per heavy atom. The predicted octanol–water partition coefficient (Wildman–Crippen LogP) is 22.0. The molecule has 0 aliphatic carbocycles. The first-order valence-corrected chi connectivity index (χ1v) is 29.3. The second-order valence-corrected chi connectivity index (χ2v) is 23.7. The molecule has 0 radical (unpaired) electrons. The van der Waals surface area contributed by atoms with Gasteiger partial charge in [-0.2, -0.15) is 12.1 Å². The summed E-state index contributed by atoms with van der Waals surface area (Å²) in [5, 5.41) is 0. The van der Waals surface area contributed by atoms with Crippen molar-refractivity contribution in [3.63, 3.8) is 0 Å². The largest absolute Gasteiger partial charge is 0.493 e. The van der Waals surface area contributed by atoms with E-state index in [0.29, 0.717) is 0 Å². The zero-order chi connectivity index (χ0) is 58.1. The van der Waals surface area contributed by atoms with Crippen LogP contribution in [0.15, 0.2) is 285 Å². The molecule has 0 atom stereocenters. The van der Waals surface area contributed by atoms with Crippen LogP contribution in [0.2, 0.25) is 0 Å². The molecule has 0 bridgehead atoms. The molecule has 2 heterocycles. The van der Waals surface area contributed by atoms with Crippen LogP contribution in [-0.4, -0.2) is 4.98 Å². The fourth-order valence-electron chi connectivity index (χ4n) is 11.7. The molecule has 86 heavy (non-hydrogen) atoms. The summed E-state index contributed by atoms with van der Waals surface area (Å²) in [4.78, 5) is 14.6. The van der Waals surface area contributed by atoms with Crippen molar-refractivity contribution in [3.05, 3.63) is 315 Å². The third-order valence-corrected chi connectivity index (χ3v) is 16.0. The standard InChI is InChI=1S/C80H66N5.Pt/c1-79(2,3)62-48-49-68(57-28-12-7-13-29-57)75(52-62)83-56-82(73-46-22-23-47-74(73)83)64-38-24-39-65(54-64)84(77-69(58-30-14-8-15-31-58)42-26-43-70(77)59-32-16-9-17-33-59)66-40-25-41-67(55-66)85(76-53-63(50-51-81-76)80(4,5)6)78-71(60-34-18-10-19-35-60)44-27-45-72(78)61-36-20-11-21-37-61;/h7-53,56H,1-6H3;/q-3;. The minimum absolute atomic E-state index is 0. The van der Waals surface area contributed by atoms with Gasteiger partial charge in [0.2, 0.25) is 0 Å². The molecule has 0 amide bonds. The smallest absolute Gasteiger partial charge is 0.135 e. The minimum Gasteiger partial charge on any atom is -0.493 e. The molecule has 0 N–H and O–H groups in total. The number of rotatable bonds is 13. The third kappa shape index (κ3) is 11.3. The van der Waals surface area contributed by atoms with Gasteiger partial charge in [-0.15, -0.1) is 48.8 Å². The molecule has 0 fully saturated rings. The van der Waals surface area contributed by atoms with Crippen molar-refractivity contribution in [3.8, 4) is 55.6 Å². The number of anilines is 10. The van der Waals surface area contributed by atoms with Crippen LogP contribution in [-0.2, 0) is 31.9 Å². The second kappa shape index (κ2) is 24.2. The number of aromatic nitrogens is 1. The minimum atomic E-state index is -0.159. The number of para-hydroxylation sites is 4. The summed E-state index contributed by atoms with van der Waals surface area (Å²) in [6, 6.07) is 108. The van der Waals surface area contributed by atoms with Crippen molar-refractivity contribution in [1.82, 2.24) is 4.98 Å². The SMILES string of the molecule is CC(C)(C)c1ccnc(N(c2[c-]c(N(c3[c-]c(N4[CH-]N(c5cc(C(C)(C)C)ccc5-c5ccccc5)c5ccccc54)ccc3)c3c(-c4ccccc4)cccc3-c3ccccc3)ccc2)c2c(-c3ccccc3)cccc2-c2ccccc2)c1.[Pt]. The molecule has 0 saturated carbocycles. The first kappa shape index (κ1) is 56.9. The van der Waals surface area contributed by atoms with Gasteiger partial charge >= 0.3 is 0 Å². The molecule has 5 nitrogen and oxygen atoms in total. The summed E-state index contributed by atoms with van der Waals surface area (Å²) in [6.07, 6.45) is 1.95. The summed E-state index contributed by atoms with van der Waals surface area (Å²) in [6.45, 7) is 15.9. The maximum atomic E-state index is 5.29. The van der Waals surface area contributed by atoms with Crippen LogP contribution in [0.1, 0.15) is 52.7 Å². The maximum absolute atomic E-state index is 5.29. The molecule has 1 aliphatic heterocycles. The van der Waals surface area contributed by atoms with Gasteiger partial charge in [0.05, 0.1) is 11.4 Å².